The second kappa shape index (κ2) is 4.27. The lowest BCUT2D eigenvalue weighted by molar-refractivity contribution is 0.285. The summed E-state index contributed by atoms with van der Waals surface area (Å²) in [5.41, 5.74) is 4.52. The Morgan fingerprint density at radius 2 is 2.00 bits per heavy atom. The molecule has 98 valence electrons. The van der Waals surface area contributed by atoms with Crippen molar-refractivity contribution in [3.63, 3.8) is 0 Å². The summed E-state index contributed by atoms with van der Waals surface area (Å²) in [6.07, 6.45) is 2.81. The molecule has 1 aliphatic carbocycles. The highest BCUT2D eigenvalue weighted by Gasteiger charge is 2.43. The molecular formula is C16H24N2. The van der Waals surface area contributed by atoms with Crippen molar-refractivity contribution >= 4 is 5.69 Å². The predicted octanol–water partition coefficient (Wildman–Crippen LogP) is 2.88. The van der Waals surface area contributed by atoms with E-state index in [9.17, 15) is 0 Å². The lowest BCUT2D eigenvalue weighted by Crippen LogP contribution is -2.60. The molecule has 0 spiro atoms. The summed E-state index contributed by atoms with van der Waals surface area (Å²) in [5, 5.41) is 3.74. The normalized spacial score (nSPS) is 28.5. The molecule has 2 fully saturated rings. The van der Waals surface area contributed by atoms with Crippen molar-refractivity contribution in [3.05, 3.63) is 29.3 Å². The zero-order valence-corrected chi connectivity index (χ0v) is 11.8. The van der Waals surface area contributed by atoms with E-state index in [1.54, 1.807) is 0 Å². The van der Waals surface area contributed by atoms with Gasteiger partial charge in [-0.1, -0.05) is 6.07 Å². The van der Waals surface area contributed by atoms with Gasteiger partial charge in [0, 0.05) is 30.9 Å². The summed E-state index contributed by atoms with van der Waals surface area (Å²) >= 11 is 0. The molecule has 0 aromatic heterocycles. The average molecular weight is 244 g/mol. The minimum absolute atomic E-state index is 0.330. The third-order valence-electron chi connectivity index (χ3n) is 4.76. The largest absolute Gasteiger partial charge is 0.368 e. The van der Waals surface area contributed by atoms with Gasteiger partial charge in [-0.2, -0.15) is 0 Å². The van der Waals surface area contributed by atoms with E-state index in [1.807, 2.05) is 0 Å². The minimum atomic E-state index is 0.330. The Morgan fingerprint density at radius 3 is 2.67 bits per heavy atom. The van der Waals surface area contributed by atoms with E-state index in [0.29, 0.717) is 5.54 Å². The summed E-state index contributed by atoms with van der Waals surface area (Å²) in [7, 11) is 0. The number of piperazine rings is 1. The van der Waals surface area contributed by atoms with Crippen LogP contribution in [0.15, 0.2) is 18.2 Å². The van der Waals surface area contributed by atoms with Gasteiger partial charge in [-0.25, -0.2) is 0 Å². The fraction of sp³-hybridized carbons (Fsp3) is 0.625. The Balaban J connectivity index is 1.81. The van der Waals surface area contributed by atoms with Crippen LogP contribution in [-0.4, -0.2) is 25.2 Å². The molecule has 0 amide bonds. The van der Waals surface area contributed by atoms with E-state index in [-0.39, 0.29) is 0 Å². The number of benzene rings is 1. The number of anilines is 1. The second-order valence-corrected chi connectivity index (χ2v) is 6.31. The van der Waals surface area contributed by atoms with Crippen molar-refractivity contribution in [2.75, 3.05) is 24.5 Å². The predicted molar refractivity (Wildman–Crippen MR) is 77.3 cm³/mol. The van der Waals surface area contributed by atoms with Crippen LogP contribution in [0.4, 0.5) is 5.69 Å². The van der Waals surface area contributed by atoms with E-state index in [4.69, 9.17) is 0 Å². The van der Waals surface area contributed by atoms with Gasteiger partial charge in [0.25, 0.3) is 0 Å². The molecule has 1 aromatic carbocycles. The molecule has 1 atom stereocenters. The quantitative estimate of drug-likeness (QED) is 0.860. The molecule has 2 nitrogen and oxygen atoms in total. The fourth-order valence-electron chi connectivity index (χ4n) is 3.14. The highest BCUT2D eigenvalue weighted by atomic mass is 15.2. The van der Waals surface area contributed by atoms with Crippen LogP contribution in [-0.2, 0) is 0 Å². The van der Waals surface area contributed by atoms with E-state index in [2.05, 4.69) is 49.2 Å². The first-order valence-corrected chi connectivity index (χ1v) is 7.16. The standard InChI is InChI=1S/C16H24N2/c1-12-4-7-15(10-13(12)2)18-9-8-17-16(3,11-18)14-5-6-14/h4,7,10,14,17H,5-6,8-9,11H2,1-3H3. The molecule has 1 heterocycles. The van der Waals surface area contributed by atoms with Gasteiger partial charge in [0.1, 0.15) is 0 Å². The molecule has 2 heteroatoms. The summed E-state index contributed by atoms with van der Waals surface area (Å²) in [6.45, 7) is 10.2. The first kappa shape index (κ1) is 12.0. The van der Waals surface area contributed by atoms with Crippen molar-refractivity contribution in [2.45, 2.75) is 39.2 Å². The molecule has 1 unspecified atom stereocenters. The van der Waals surface area contributed by atoms with Crippen molar-refractivity contribution in [3.8, 4) is 0 Å². The van der Waals surface area contributed by atoms with Crippen molar-refractivity contribution in [2.24, 2.45) is 5.92 Å². The highest BCUT2D eigenvalue weighted by Crippen LogP contribution is 2.41. The van der Waals surface area contributed by atoms with Gasteiger partial charge in [0.2, 0.25) is 0 Å². The molecule has 1 saturated heterocycles. The number of nitrogens with zero attached hydrogens (tertiary/aromatic N) is 1. The number of nitrogens with one attached hydrogen (secondary N) is 1. The van der Waals surface area contributed by atoms with E-state index in [1.165, 1.54) is 29.7 Å². The van der Waals surface area contributed by atoms with Crippen LogP contribution in [0.25, 0.3) is 0 Å². The van der Waals surface area contributed by atoms with E-state index >= 15 is 0 Å². The SMILES string of the molecule is Cc1ccc(N2CCNC(C)(C3CC3)C2)cc1C. The van der Waals surface area contributed by atoms with Crippen LogP contribution in [0.3, 0.4) is 0 Å². The van der Waals surface area contributed by atoms with Crippen LogP contribution in [0.2, 0.25) is 0 Å². The first-order chi connectivity index (χ1) is 8.58. The molecule has 1 aromatic rings. The van der Waals surface area contributed by atoms with Crippen molar-refractivity contribution < 1.29 is 0 Å². The monoisotopic (exact) mass is 244 g/mol. The number of rotatable bonds is 2. The number of hydrogen-bond donors (Lipinski definition) is 1. The maximum Gasteiger partial charge on any atom is 0.0370 e. The Kier molecular flexibility index (Phi) is 2.86. The molecule has 0 radical (unpaired) electrons. The Morgan fingerprint density at radius 1 is 1.22 bits per heavy atom. The Hall–Kier alpha value is -1.02. The maximum absolute atomic E-state index is 3.74. The van der Waals surface area contributed by atoms with Crippen LogP contribution in [0, 0.1) is 19.8 Å². The van der Waals surface area contributed by atoms with Gasteiger partial charge >= 0.3 is 0 Å². The fourth-order valence-corrected chi connectivity index (χ4v) is 3.14. The average Bonchev–Trinajstić information content (AvgIpc) is 3.17. The molecule has 2 aliphatic rings. The lowest BCUT2D eigenvalue weighted by atomic mass is 9.92. The van der Waals surface area contributed by atoms with Gasteiger partial charge in [-0.05, 0) is 62.8 Å². The summed E-state index contributed by atoms with van der Waals surface area (Å²) in [4.78, 5) is 2.56. The number of aryl methyl sites for hydroxylation is 2. The molecule has 1 saturated carbocycles. The van der Waals surface area contributed by atoms with Crippen molar-refractivity contribution in [1.29, 1.82) is 0 Å². The Bertz CT molecular complexity index is 450. The highest BCUT2D eigenvalue weighted by molar-refractivity contribution is 5.51. The number of hydrogen-bond acceptors (Lipinski definition) is 2. The third kappa shape index (κ3) is 2.14. The van der Waals surface area contributed by atoms with Gasteiger partial charge in [-0.3, -0.25) is 0 Å². The van der Waals surface area contributed by atoms with Gasteiger partial charge < -0.3 is 10.2 Å². The third-order valence-corrected chi connectivity index (χ3v) is 4.76. The molecule has 1 aliphatic heterocycles. The van der Waals surface area contributed by atoms with Gasteiger partial charge in [0.15, 0.2) is 0 Å². The summed E-state index contributed by atoms with van der Waals surface area (Å²) in [6, 6.07) is 6.87. The summed E-state index contributed by atoms with van der Waals surface area (Å²) in [5.74, 6) is 0.895. The van der Waals surface area contributed by atoms with E-state index < -0.39 is 0 Å². The smallest absolute Gasteiger partial charge is 0.0370 e. The van der Waals surface area contributed by atoms with Crippen LogP contribution < -0.4 is 10.2 Å². The second-order valence-electron chi connectivity index (χ2n) is 6.31. The molecule has 0 bridgehead atoms. The zero-order valence-electron chi connectivity index (χ0n) is 11.8. The molecular weight excluding hydrogens is 220 g/mol. The summed E-state index contributed by atoms with van der Waals surface area (Å²) < 4.78 is 0. The van der Waals surface area contributed by atoms with E-state index in [0.717, 1.165) is 25.6 Å². The van der Waals surface area contributed by atoms with Crippen LogP contribution in [0.5, 0.6) is 0 Å². The van der Waals surface area contributed by atoms with Gasteiger partial charge in [0.05, 0.1) is 0 Å². The van der Waals surface area contributed by atoms with Crippen LogP contribution >= 0.6 is 0 Å². The zero-order chi connectivity index (χ0) is 12.8. The van der Waals surface area contributed by atoms with Gasteiger partial charge in [-0.15, -0.1) is 0 Å². The lowest BCUT2D eigenvalue weighted by Gasteiger charge is -2.43. The Labute approximate surface area is 110 Å². The molecule has 18 heavy (non-hydrogen) atoms. The molecule has 3 rings (SSSR count). The maximum atomic E-state index is 3.74. The first-order valence-electron chi connectivity index (χ1n) is 7.16. The molecule has 1 N–H and O–H groups in total. The minimum Gasteiger partial charge on any atom is -0.368 e. The topological polar surface area (TPSA) is 15.3 Å². The van der Waals surface area contributed by atoms with Crippen LogP contribution in [0.1, 0.15) is 30.9 Å². The van der Waals surface area contributed by atoms with Crippen molar-refractivity contribution in [1.82, 2.24) is 5.32 Å².